The van der Waals surface area contributed by atoms with Gasteiger partial charge in [0.1, 0.15) is 11.6 Å². The lowest BCUT2D eigenvalue weighted by Crippen LogP contribution is -2.11. The van der Waals surface area contributed by atoms with Gasteiger partial charge in [0.2, 0.25) is 0 Å². The molecule has 3 aromatic carbocycles. The van der Waals surface area contributed by atoms with Gasteiger partial charge >= 0.3 is 11.9 Å². The van der Waals surface area contributed by atoms with Gasteiger partial charge in [0.05, 0.1) is 12.2 Å². The molecule has 3 rings (SSSR count). The summed E-state index contributed by atoms with van der Waals surface area (Å²) in [6, 6.07) is 28.1. The Morgan fingerprint density at radius 1 is 0.806 bits per heavy atom. The van der Waals surface area contributed by atoms with E-state index in [0.29, 0.717) is 17.7 Å². The molecule has 0 bridgehead atoms. The van der Waals surface area contributed by atoms with Crippen molar-refractivity contribution in [1.29, 1.82) is 5.26 Å². The molecule has 0 aliphatic heterocycles. The summed E-state index contributed by atoms with van der Waals surface area (Å²) in [6.07, 6.45) is 4.87. The highest BCUT2D eigenvalue weighted by Crippen LogP contribution is 2.27. The van der Waals surface area contributed by atoms with E-state index in [2.05, 4.69) is 13.0 Å². The Balaban J connectivity index is 0.000000346. The molecule has 0 atom stereocenters. The van der Waals surface area contributed by atoms with Crippen LogP contribution in [0.5, 0.6) is 0 Å². The number of carbonyl (C=O) groups excluding carboxylic acids is 1. The molecule has 186 valence electrons. The molecular formula is C31H33NO4. The molecule has 36 heavy (non-hydrogen) atoms. The van der Waals surface area contributed by atoms with Gasteiger partial charge in [-0.05, 0) is 35.6 Å². The summed E-state index contributed by atoms with van der Waals surface area (Å²) >= 11 is 0. The zero-order valence-electron chi connectivity index (χ0n) is 20.9. The Morgan fingerprint density at radius 2 is 1.36 bits per heavy atom. The van der Waals surface area contributed by atoms with Crippen molar-refractivity contribution in [2.75, 3.05) is 6.61 Å². The van der Waals surface area contributed by atoms with Crippen LogP contribution in [-0.2, 0) is 16.0 Å². The molecular weight excluding hydrogens is 450 g/mol. The van der Waals surface area contributed by atoms with Crippen LogP contribution in [0.4, 0.5) is 0 Å². The number of carboxylic acids is 1. The van der Waals surface area contributed by atoms with Crippen molar-refractivity contribution in [3.63, 3.8) is 0 Å². The quantitative estimate of drug-likeness (QED) is 0.144. The fourth-order valence-corrected chi connectivity index (χ4v) is 3.67. The molecule has 1 N–H and O–H groups in total. The van der Waals surface area contributed by atoms with Crippen LogP contribution in [0, 0.1) is 11.3 Å². The molecule has 0 radical (unpaired) electrons. The maximum absolute atomic E-state index is 12.5. The second kappa shape index (κ2) is 15.7. The molecule has 0 aliphatic carbocycles. The standard InChI is InChI=1S/C22H23NO2.C9H10O2/c1-2-3-4-11-16-25-22(24)20(17-23)21(18-12-7-5-8-13-18)19-14-9-6-10-15-19;1-2-7-5-3-4-6-8(7)9(10)11/h5-10,12-15H,2-4,11,16H2,1H3;3-6H,2H2,1H3,(H,10,11). The molecule has 0 unspecified atom stereocenters. The number of benzene rings is 3. The van der Waals surface area contributed by atoms with Crippen molar-refractivity contribution in [2.24, 2.45) is 0 Å². The lowest BCUT2D eigenvalue weighted by atomic mass is 9.93. The molecule has 0 spiro atoms. The topological polar surface area (TPSA) is 87.4 Å². The van der Waals surface area contributed by atoms with Gasteiger partial charge < -0.3 is 9.84 Å². The van der Waals surface area contributed by atoms with Crippen LogP contribution in [0.2, 0.25) is 0 Å². The fraction of sp³-hybridized carbons (Fsp3) is 0.258. The van der Waals surface area contributed by atoms with E-state index in [-0.39, 0.29) is 5.57 Å². The summed E-state index contributed by atoms with van der Waals surface area (Å²) in [5, 5.41) is 18.3. The van der Waals surface area contributed by atoms with Crippen molar-refractivity contribution in [2.45, 2.75) is 46.0 Å². The zero-order chi connectivity index (χ0) is 26.2. The lowest BCUT2D eigenvalue weighted by Gasteiger charge is -2.11. The highest BCUT2D eigenvalue weighted by molar-refractivity contribution is 6.05. The summed E-state index contributed by atoms with van der Waals surface area (Å²) < 4.78 is 5.35. The minimum absolute atomic E-state index is 0.0490. The normalized spacial score (nSPS) is 9.81. The highest BCUT2D eigenvalue weighted by Gasteiger charge is 2.19. The molecule has 5 heteroatoms. The third-order valence-electron chi connectivity index (χ3n) is 5.55. The summed E-state index contributed by atoms with van der Waals surface area (Å²) in [4.78, 5) is 23.1. The molecule has 0 heterocycles. The number of unbranched alkanes of at least 4 members (excludes halogenated alkanes) is 3. The number of aromatic carboxylic acids is 1. The number of nitriles is 1. The maximum atomic E-state index is 12.5. The molecule has 0 amide bonds. The molecule has 0 saturated carbocycles. The van der Waals surface area contributed by atoms with Crippen LogP contribution < -0.4 is 0 Å². The van der Waals surface area contributed by atoms with E-state index in [1.807, 2.05) is 79.7 Å². The second-order valence-corrected chi connectivity index (χ2v) is 8.11. The van der Waals surface area contributed by atoms with Crippen LogP contribution >= 0.6 is 0 Å². The first-order valence-corrected chi connectivity index (χ1v) is 12.3. The van der Waals surface area contributed by atoms with Gasteiger partial charge in [-0.2, -0.15) is 5.26 Å². The Labute approximate surface area is 213 Å². The van der Waals surface area contributed by atoms with Gasteiger partial charge in [-0.15, -0.1) is 0 Å². The van der Waals surface area contributed by atoms with Crippen LogP contribution in [0.1, 0.15) is 66.6 Å². The van der Waals surface area contributed by atoms with Gasteiger partial charge in [0, 0.05) is 5.57 Å². The first-order chi connectivity index (χ1) is 17.5. The number of ether oxygens (including phenoxy) is 1. The first kappa shape index (κ1) is 28.1. The van der Waals surface area contributed by atoms with E-state index in [0.717, 1.165) is 48.8 Å². The SMILES string of the molecule is CCCCCCOC(=O)C(C#N)=C(c1ccccc1)c1ccccc1.CCc1ccccc1C(=O)O. The van der Waals surface area contributed by atoms with Crippen molar-refractivity contribution in [1.82, 2.24) is 0 Å². The highest BCUT2D eigenvalue weighted by atomic mass is 16.5. The maximum Gasteiger partial charge on any atom is 0.349 e. The van der Waals surface area contributed by atoms with Crippen molar-refractivity contribution < 1.29 is 19.4 Å². The molecule has 0 aliphatic rings. The van der Waals surface area contributed by atoms with Gasteiger partial charge in [0.25, 0.3) is 0 Å². The molecule has 0 fully saturated rings. The second-order valence-electron chi connectivity index (χ2n) is 8.11. The smallest absolute Gasteiger partial charge is 0.349 e. The number of nitrogens with zero attached hydrogens (tertiary/aromatic N) is 1. The monoisotopic (exact) mass is 483 g/mol. The average Bonchev–Trinajstić information content (AvgIpc) is 2.92. The van der Waals surface area contributed by atoms with Crippen molar-refractivity contribution in [3.8, 4) is 6.07 Å². The summed E-state index contributed by atoms with van der Waals surface area (Å²) in [5.41, 5.74) is 3.62. The minimum atomic E-state index is -0.845. The van der Waals surface area contributed by atoms with Gasteiger partial charge in [0.15, 0.2) is 0 Å². The van der Waals surface area contributed by atoms with Gasteiger partial charge in [-0.1, -0.05) is 112 Å². The number of carboxylic acid groups (broad SMARTS) is 1. The van der Waals surface area contributed by atoms with Crippen LogP contribution in [-0.4, -0.2) is 23.7 Å². The van der Waals surface area contributed by atoms with E-state index >= 15 is 0 Å². The lowest BCUT2D eigenvalue weighted by molar-refractivity contribution is -0.138. The number of hydrogen-bond donors (Lipinski definition) is 1. The Bertz CT molecular complexity index is 1140. The number of esters is 1. The molecule has 0 saturated heterocycles. The van der Waals surface area contributed by atoms with E-state index in [9.17, 15) is 14.9 Å². The predicted octanol–water partition coefficient (Wildman–Crippen LogP) is 7.08. The number of aryl methyl sites for hydroxylation is 1. The first-order valence-electron chi connectivity index (χ1n) is 12.3. The summed E-state index contributed by atoms with van der Waals surface area (Å²) in [5.74, 6) is -1.40. The van der Waals surface area contributed by atoms with E-state index < -0.39 is 11.9 Å². The number of hydrogen-bond acceptors (Lipinski definition) is 4. The molecule has 0 aromatic heterocycles. The van der Waals surface area contributed by atoms with E-state index in [4.69, 9.17) is 9.84 Å². The molecule has 5 nitrogen and oxygen atoms in total. The zero-order valence-corrected chi connectivity index (χ0v) is 20.9. The third-order valence-corrected chi connectivity index (χ3v) is 5.55. The van der Waals surface area contributed by atoms with Crippen molar-refractivity contribution in [3.05, 3.63) is 113 Å². The van der Waals surface area contributed by atoms with Gasteiger partial charge in [-0.3, -0.25) is 0 Å². The summed E-state index contributed by atoms with van der Waals surface area (Å²) in [7, 11) is 0. The van der Waals surface area contributed by atoms with Crippen LogP contribution in [0.25, 0.3) is 5.57 Å². The Morgan fingerprint density at radius 3 is 1.83 bits per heavy atom. The third kappa shape index (κ3) is 8.56. The Kier molecular flexibility index (Phi) is 12.2. The van der Waals surface area contributed by atoms with Crippen LogP contribution in [0.15, 0.2) is 90.5 Å². The summed E-state index contributed by atoms with van der Waals surface area (Å²) in [6.45, 7) is 4.43. The van der Waals surface area contributed by atoms with E-state index in [1.54, 1.807) is 12.1 Å². The Hall–Kier alpha value is -4.17. The van der Waals surface area contributed by atoms with Crippen molar-refractivity contribution >= 4 is 17.5 Å². The predicted molar refractivity (Wildman–Crippen MR) is 142 cm³/mol. The van der Waals surface area contributed by atoms with Crippen LogP contribution in [0.3, 0.4) is 0 Å². The minimum Gasteiger partial charge on any atom is -0.478 e. The average molecular weight is 484 g/mol. The van der Waals surface area contributed by atoms with E-state index in [1.165, 1.54) is 0 Å². The largest absolute Gasteiger partial charge is 0.478 e. The number of carbonyl (C=O) groups is 2. The molecule has 3 aromatic rings. The number of rotatable bonds is 10. The fourth-order valence-electron chi connectivity index (χ4n) is 3.67. The van der Waals surface area contributed by atoms with Gasteiger partial charge in [-0.25, -0.2) is 9.59 Å².